The number of piperidine rings is 1. The molecule has 0 aliphatic carbocycles. The zero-order valence-corrected chi connectivity index (χ0v) is 18.7. The average molecular weight is 432 g/mol. The van der Waals surface area contributed by atoms with Gasteiger partial charge in [-0.25, -0.2) is 9.97 Å². The lowest BCUT2D eigenvalue weighted by molar-refractivity contribution is 0.211. The molecular weight excluding hydrogens is 403 g/mol. The van der Waals surface area contributed by atoms with Gasteiger partial charge in [0.1, 0.15) is 29.1 Å². The van der Waals surface area contributed by atoms with Crippen LogP contribution in [-0.4, -0.2) is 49.0 Å². The number of hydrogen-bond donors (Lipinski definition) is 0. The molecule has 1 atom stereocenters. The topological polar surface area (TPSA) is 97.6 Å². The normalized spacial score (nSPS) is 16.4. The van der Waals surface area contributed by atoms with E-state index < -0.39 is 13.3 Å². The van der Waals surface area contributed by atoms with Gasteiger partial charge in [-0.1, -0.05) is 6.07 Å². The zero-order valence-electron chi connectivity index (χ0n) is 17.8. The lowest BCUT2D eigenvalue weighted by atomic mass is 9.92. The summed E-state index contributed by atoms with van der Waals surface area (Å²) < 4.78 is 29.2. The lowest BCUT2D eigenvalue weighted by Crippen LogP contribution is -2.35. The van der Waals surface area contributed by atoms with Crippen molar-refractivity contribution in [3.63, 3.8) is 0 Å². The Balaban J connectivity index is 1.70. The van der Waals surface area contributed by atoms with Gasteiger partial charge in [0.25, 0.3) is 0 Å². The van der Waals surface area contributed by atoms with E-state index in [0.717, 1.165) is 48.4 Å². The van der Waals surface area contributed by atoms with E-state index in [1.807, 2.05) is 18.2 Å². The Labute approximate surface area is 177 Å². The van der Waals surface area contributed by atoms with Gasteiger partial charge in [-0.2, -0.15) is 5.26 Å². The number of nitrogens with zero attached hydrogens (tertiary/aromatic N) is 4. The number of benzene rings is 1. The third-order valence-corrected chi connectivity index (χ3v) is 7.77. The summed E-state index contributed by atoms with van der Waals surface area (Å²) in [6.45, 7) is 5.66. The quantitative estimate of drug-likeness (QED) is 0.538. The zero-order chi connectivity index (χ0) is 21.6. The Hall–Kier alpha value is -2.20. The summed E-state index contributed by atoms with van der Waals surface area (Å²) in [5.41, 5.74) is 0.0594. The fourth-order valence-corrected chi connectivity index (χ4v) is 5.84. The number of rotatable bonds is 9. The third-order valence-electron chi connectivity index (χ3n) is 5.45. The maximum Gasteiger partial charge on any atom is 0.347 e. The van der Waals surface area contributed by atoms with Crippen LogP contribution in [-0.2, 0) is 13.6 Å². The van der Waals surface area contributed by atoms with Crippen LogP contribution in [0, 0.1) is 17.2 Å². The molecule has 0 bridgehead atoms. The van der Waals surface area contributed by atoms with Crippen LogP contribution in [0.1, 0.15) is 33.1 Å². The average Bonchev–Trinajstić information content (AvgIpc) is 2.77. The summed E-state index contributed by atoms with van der Waals surface area (Å²) in [5, 5.41) is 10.6. The molecule has 0 amide bonds. The highest BCUT2D eigenvalue weighted by Crippen LogP contribution is 2.55. The predicted molar refractivity (Wildman–Crippen MR) is 116 cm³/mol. The maximum absolute atomic E-state index is 13.0. The smallest absolute Gasteiger partial charge is 0.347 e. The Kier molecular flexibility index (Phi) is 7.65. The van der Waals surface area contributed by atoms with E-state index in [-0.39, 0.29) is 19.1 Å². The first-order chi connectivity index (χ1) is 14.6. The fourth-order valence-electron chi connectivity index (χ4n) is 3.99. The number of nitriles is 1. The number of aromatic nitrogens is 2. The van der Waals surface area contributed by atoms with E-state index in [2.05, 4.69) is 20.9 Å². The fraction of sp³-hybridized carbons (Fsp3) is 0.571. The van der Waals surface area contributed by atoms with E-state index in [4.69, 9.17) is 13.8 Å². The molecule has 1 aliphatic heterocycles. The van der Waals surface area contributed by atoms with Gasteiger partial charge in [0.2, 0.25) is 0 Å². The second-order valence-electron chi connectivity index (χ2n) is 7.24. The van der Waals surface area contributed by atoms with Crippen molar-refractivity contribution in [3.8, 4) is 11.8 Å². The molecule has 162 valence electrons. The molecule has 1 unspecified atom stereocenters. The monoisotopic (exact) mass is 432 g/mol. The summed E-state index contributed by atoms with van der Waals surface area (Å²) in [6, 6.07) is 8.02. The van der Waals surface area contributed by atoms with Gasteiger partial charge in [-0.3, -0.25) is 4.57 Å². The van der Waals surface area contributed by atoms with E-state index >= 15 is 0 Å². The summed E-state index contributed by atoms with van der Waals surface area (Å²) >= 11 is 0. The van der Waals surface area contributed by atoms with Gasteiger partial charge < -0.3 is 18.7 Å². The molecule has 1 aromatic carbocycles. The molecule has 1 saturated heterocycles. The van der Waals surface area contributed by atoms with Crippen LogP contribution >= 0.6 is 7.60 Å². The minimum Gasteiger partial charge on any atom is -0.494 e. The molecule has 8 nitrogen and oxygen atoms in total. The number of methoxy groups -OCH3 is 1. The minimum atomic E-state index is -3.42. The van der Waals surface area contributed by atoms with Crippen molar-refractivity contribution in [2.24, 2.45) is 5.92 Å². The number of ether oxygens (including phenoxy) is 1. The standard InChI is InChI=1S/C21H29N4O4P/c1-4-28-30(26,29-5-2)17(14-22)13-16-9-11-25(12-10-16)21-18-7-6-8-19(27-3)20(18)23-15-24-21/h6-8,15-17H,4-5,9-13H2,1-3H3. The van der Waals surface area contributed by atoms with Crippen LogP contribution in [0.3, 0.4) is 0 Å². The van der Waals surface area contributed by atoms with Crippen LogP contribution in [0.5, 0.6) is 5.75 Å². The van der Waals surface area contributed by atoms with Crippen molar-refractivity contribution in [2.75, 3.05) is 38.3 Å². The van der Waals surface area contributed by atoms with Crippen molar-refractivity contribution in [1.29, 1.82) is 5.26 Å². The molecule has 9 heteroatoms. The maximum atomic E-state index is 13.0. The van der Waals surface area contributed by atoms with Crippen LogP contribution in [0.4, 0.5) is 5.82 Å². The van der Waals surface area contributed by atoms with Crippen LogP contribution < -0.4 is 9.64 Å². The summed E-state index contributed by atoms with van der Waals surface area (Å²) in [6.07, 6.45) is 3.84. The number of hydrogen-bond acceptors (Lipinski definition) is 8. The van der Waals surface area contributed by atoms with Crippen molar-refractivity contribution in [3.05, 3.63) is 24.5 Å². The SMILES string of the molecule is CCOP(=O)(OCC)C(C#N)CC1CCN(c2ncnc3c(OC)cccc23)CC1. The molecule has 2 aromatic rings. The Bertz CT molecular complexity index is 930. The van der Waals surface area contributed by atoms with Gasteiger partial charge in [0.05, 0.1) is 26.4 Å². The van der Waals surface area contributed by atoms with Crippen molar-refractivity contribution >= 4 is 24.3 Å². The third kappa shape index (κ3) is 4.75. The molecule has 2 heterocycles. The van der Waals surface area contributed by atoms with Crippen molar-refractivity contribution in [2.45, 2.75) is 38.8 Å². The largest absolute Gasteiger partial charge is 0.494 e. The Morgan fingerprint density at radius 2 is 1.93 bits per heavy atom. The first kappa shape index (κ1) is 22.5. The number of anilines is 1. The predicted octanol–water partition coefficient (Wildman–Crippen LogP) is 4.40. The Morgan fingerprint density at radius 1 is 1.23 bits per heavy atom. The molecule has 3 rings (SSSR count). The van der Waals surface area contributed by atoms with Crippen LogP contribution in [0.15, 0.2) is 24.5 Å². The second kappa shape index (κ2) is 10.2. The molecule has 0 spiro atoms. The highest BCUT2D eigenvalue weighted by Gasteiger charge is 2.38. The molecule has 0 saturated carbocycles. The molecular formula is C21H29N4O4P. The lowest BCUT2D eigenvalue weighted by Gasteiger charge is -2.34. The highest BCUT2D eigenvalue weighted by molar-refractivity contribution is 7.55. The first-order valence-electron chi connectivity index (χ1n) is 10.4. The first-order valence-corrected chi connectivity index (χ1v) is 12.0. The summed E-state index contributed by atoms with van der Waals surface area (Å²) in [7, 11) is -1.78. The van der Waals surface area contributed by atoms with Gasteiger partial charge in [0.15, 0.2) is 0 Å². The molecule has 30 heavy (non-hydrogen) atoms. The molecule has 1 fully saturated rings. The summed E-state index contributed by atoms with van der Waals surface area (Å²) in [4.78, 5) is 11.1. The molecule has 0 radical (unpaired) electrons. The second-order valence-corrected chi connectivity index (χ2v) is 9.46. The molecule has 0 N–H and O–H groups in total. The summed E-state index contributed by atoms with van der Waals surface area (Å²) in [5.74, 6) is 1.90. The van der Waals surface area contributed by atoms with Crippen LogP contribution in [0.25, 0.3) is 10.9 Å². The Morgan fingerprint density at radius 3 is 2.53 bits per heavy atom. The van der Waals surface area contributed by atoms with E-state index in [0.29, 0.717) is 6.42 Å². The van der Waals surface area contributed by atoms with Gasteiger partial charge >= 0.3 is 7.60 Å². The van der Waals surface area contributed by atoms with Gasteiger partial charge in [0, 0.05) is 18.5 Å². The molecule has 1 aromatic heterocycles. The number of para-hydroxylation sites is 1. The molecule has 1 aliphatic rings. The van der Waals surface area contributed by atoms with E-state index in [1.165, 1.54) is 0 Å². The highest BCUT2D eigenvalue weighted by atomic mass is 31.2. The van der Waals surface area contributed by atoms with Crippen molar-refractivity contribution < 1.29 is 18.3 Å². The van der Waals surface area contributed by atoms with Crippen LogP contribution in [0.2, 0.25) is 0 Å². The van der Waals surface area contributed by atoms with E-state index in [1.54, 1.807) is 27.3 Å². The number of fused-ring (bicyclic) bond motifs is 1. The van der Waals surface area contributed by atoms with Crippen molar-refractivity contribution in [1.82, 2.24) is 9.97 Å². The van der Waals surface area contributed by atoms with Gasteiger partial charge in [-0.15, -0.1) is 0 Å². The van der Waals surface area contributed by atoms with E-state index in [9.17, 15) is 9.83 Å². The van der Waals surface area contributed by atoms with Gasteiger partial charge in [-0.05, 0) is 51.2 Å². The minimum absolute atomic E-state index is 0.262.